The maximum absolute atomic E-state index is 11.2. The fourth-order valence-electron chi connectivity index (χ4n) is 1.38. The van der Waals surface area contributed by atoms with Gasteiger partial charge in [-0.25, -0.2) is 0 Å². The predicted octanol–water partition coefficient (Wildman–Crippen LogP) is 0.970. The van der Waals surface area contributed by atoms with E-state index in [2.05, 4.69) is 0 Å². The minimum atomic E-state index is -0.991. The number of nitrogens with zero attached hydrogens (tertiary/aromatic N) is 1. The van der Waals surface area contributed by atoms with Gasteiger partial charge in [0, 0.05) is 31.6 Å². The number of benzene rings is 1. The lowest BCUT2D eigenvalue weighted by atomic mass is 10.0. The molecule has 0 amide bonds. The molecule has 1 atom stereocenters. The molecule has 0 saturated heterocycles. The third-order valence-electron chi connectivity index (χ3n) is 2.30. The molecule has 0 aliphatic carbocycles. The Balaban J connectivity index is 2.66. The van der Waals surface area contributed by atoms with Crippen molar-refractivity contribution < 1.29 is 19.9 Å². The van der Waals surface area contributed by atoms with Crippen molar-refractivity contribution in [3.63, 3.8) is 0 Å². The van der Waals surface area contributed by atoms with E-state index in [1.807, 2.05) is 0 Å². The first-order chi connectivity index (χ1) is 8.04. The molecule has 0 aliphatic rings. The molecule has 0 radical (unpaired) electrons. The van der Waals surface area contributed by atoms with Gasteiger partial charge in [0.15, 0.2) is 0 Å². The first kappa shape index (κ1) is 13.3. The zero-order valence-corrected chi connectivity index (χ0v) is 9.07. The summed E-state index contributed by atoms with van der Waals surface area (Å²) in [5, 5.41) is 28.6. The van der Waals surface area contributed by atoms with Gasteiger partial charge < -0.3 is 10.2 Å². The first-order valence-corrected chi connectivity index (χ1v) is 5.09. The number of carbonyl (C=O) groups is 1. The summed E-state index contributed by atoms with van der Waals surface area (Å²) in [4.78, 5) is 21.0. The van der Waals surface area contributed by atoms with Crippen LogP contribution >= 0.6 is 0 Å². The van der Waals surface area contributed by atoms with Gasteiger partial charge in [-0.2, -0.15) is 0 Å². The van der Waals surface area contributed by atoms with Gasteiger partial charge in [0.05, 0.1) is 11.0 Å². The summed E-state index contributed by atoms with van der Waals surface area (Å²) < 4.78 is 0. The number of non-ortho nitro benzene ring substituents is 1. The second-order valence-electron chi connectivity index (χ2n) is 3.58. The highest BCUT2D eigenvalue weighted by Gasteiger charge is 2.14. The van der Waals surface area contributed by atoms with Crippen LogP contribution < -0.4 is 0 Å². The number of Topliss-reactive ketones (excluding diaryl/α,β-unsaturated/α-hetero) is 1. The van der Waals surface area contributed by atoms with Crippen LogP contribution in [0.3, 0.4) is 0 Å². The molecule has 2 N–H and O–H groups in total. The fraction of sp³-hybridized carbons (Fsp3) is 0.364. The number of rotatable bonds is 6. The molecule has 1 aromatic rings. The van der Waals surface area contributed by atoms with Crippen LogP contribution in [-0.2, 0) is 4.79 Å². The molecule has 1 unspecified atom stereocenters. The number of ketones is 1. The van der Waals surface area contributed by atoms with Crippen LogP contribution in [0.5, 0.6) is 0 Å². The minimum Gasteiger partial charge on any atom is -0.396 e. The molecule has 0 aromatic heterocycles. The van der Waals surface area contributed by atoms with Gasteiger partial charge in [-0.3, -0.25) is 14.9 Å². The van der Waals surface area contributed by atoms with E-state index < -0.39 is 11.0 Å². The van der Waals surface area contributed by atoms with Crippen molar-refractivity contribution in [2.45, 2.75) is 18.9 Å². The molecule has 92 valence electrons. The molecule has 1 aromatic carbocycles. The lowest BCUT2D eigenvalue weighted by Gasteiger charge is -2.09. The van der Waals surface area contributed by atoms with Gasteiger partial charge in [-0.15, -0.1) is 0 Å². The first-order valence-electron chi connectivity index (χ1n) is 5.09. The second kappa shape index (κ2) is 6.07. The molecule has 0 aliphatic heterocycles. The quantitative estimate of drug-likeness (QED) is 0.569. The Hall–Kier alpha value is -1.79. The zero-order valence-electron chi connectivity index (χ0n) is 9.07. The van der Waals surface area contributed by atoms with E-state index in [1.54, 1.807) is 0 Å². The van der Waals surface area contributed by atoms with E-state index in [0.29, 0.717) is 5.56 Å². The third kappa shape index (κ3) is 3.93. The molecule has 0 bridgehead atoms. The van der Waals surface area contributed by atoms with Crippen LogP contribution in [0.25, 0.3) is 0 Å². The van der Waals surface area contributed by atoms with E-state index in [-0.39, 0.29) is 30.9 Å². The smallest absolute Gasteiger partial charge is 0.269 e. The highest BCUT2D eigenvalue weighted by Crippen LogP contribution is 2.20. The highest BCUT2D eigenvalue weighted by molar-refractivity contribution is 5.79. The van der Waals surface area contributed by atoms with Gasteiger partial charge in [-0.1, -0.05) is 0 Å². The Bertz CT molecular complexity index is 401. The molecule has 17 heavy (non-hydrogen) atoms. The van der Waals surface area contributed by atoms with Gasteiger partial charge in [0.25, 0.3) is 5.69 Å². The molecule has 6 heteroatoms. The molecular formula is C11H13NO5. The van der Waals surface area contributed by atoms with E-state index in [4.69, 9.17) is 5.11 Å². The zero-order chi connectivity index (χ0) is 12.8. The fourth-order valence-corrected chi connectivity index (χ4v) is 1.38. The normalized spacial score (nSPS) is 12.1. The second-order valence-corrected chi connectivity index (χ2v) is 3.58. The Morgan fingerprint density at radius 2 is 1.94 bits per heavy atom. The summed E-state index contributed by atoms with van der Waals surface area (Å²) in [6.45, 7) is -0.244. The number of hydrogen-bond acceptors (Lipinski definition) is 5. The van der Waals surface area contributed by atoms with Crippen LogP contribution in [-0.4, -0.2) is 27.5 Å². The van der Waals surface area contributed by atoms with Crippen LogP contribution in [0.1, 0.15) is 24.5 Å². The molecule has 1 rings (SSSR count). The number of aliphatic hydroxyl groups is 2. The van der Waals surface area contributed by atoms with Crippen molar-refractivity contribution >= 4 is 11.5 Å². The van der Waals surface area contributed by atoms with E-state index in [0.717, 1.165) is 0 Å². The maximum Gasteiger partial charge on any atom is 0.269 e. The van der Waals surface area contributed by atoms with Crippen LogP contribution in [0.15, 0.2) is 24.3 Å². The monoisotopic (exact) mass is 239 g/mol. The Morgan fingerprint density at radius 3 is 2.41 bits per heavy atom. The van der Waals surface area contributed by atoms with Crippen molar-refractivity contribution in [3.8, 4) is 0 Å². The van der Waals surface area contributed by atoms with Crippen molar-refractivity contribution in [1.29, 1.82) is 0 Å². The predicted molar refractivity (Wildman–Crippen MR) is 59.4 cm³/mol. The number of carbonyl (C=O) groups excluding carboxylic acids is 1. The average Bonchev–Trinajstić information content (AvgIpc) is 2.29. The Kier molecular flexibility index (Phi) is 4.74. The lowest BCUT2D eigenvalue weighted by Crippen LogP contribution is -2.08. The minimum absolute atomic E-state index is 0.00401. The molecule has 0 saturated carbocycles. The van der Waals surface area contributed by atoms with E-state index in [9.17, 15) is 20.0 Å². The van der Waals surface area contributed by atoms with Crippen molar-refractivity contribution in [1.82, 2.24) is 0 Å². The van der Waals surface area contributed by atoms with Gasteiger partial charge in [0.1, 0.15) is 5.78 Å². The SMILES string of the molecule is O=C(CCO)CC(O)c1ccc([N+](=O)[O-])cc1. The number of nitro benzene ring substituents is 1. The maximum atomic E-state index is 11.2. The van der Waals surface area contributed by atoms with Crippen molar-refractivity contribution in [2.24, 2.45) is 0 Å². The summed E-state index contributed by atoms with van der Waals surface area (Å²) >= 11 is 0. The van der Waals surface area contributed by atoms with Crippen molar-refractivity contribution in [2.75, 3.05) is 6.61 Å². The third-order valence-corrected chi connectivity index (χ3v) is 2.30. The summed E-state index contributed by atoms with van der Waals surface area (Å²) in [5.41, 5.74) is 0.379. The van der Waals surface area contributed by atoms with E-state index in [1.165, 1.54) is 24.3 Å². The molecule has 0 spiro atoms. The van der Waals surface area contributed by atoms with Crippen LogP contribution in [0, 0.1) is 10.1 Å². The summed E-state index contributed by atoms with van der Waals surface area (Å²) in [5.74, 6) is -0.252. The van der Waals surface area contributed by atoms with Gasteiger partial charge >= 0.3 is 0 Å². The standard InChI is InChI=1S/C11H13NO5/c13-6-5-10(14)7-11(15)8-1-3-9(4-2-8)12(16)17/h1-4,11,13,15H,5-7H2. The van der Waals surface area contributed by atoms with Crippen LogP contribution in [0.2, 0.25) is 0 Å². The number of hydrogen-bond donors (Lipinski definition) is 2. The molecule has 6 nitrogen and oxygen atoms in total. The number of aliphatic hydroxyl groups excluding tert-OH is 2. The topological polar surface area (TPSA) is 101 Å². The highest BCUT2D eigenvalue weighted by atomic mass is 16.6. The molecule has 0 fully saturated rings. The summed E-state index contributed by atoms with van der Waals surface area (Å²) in [7, 11) is 0. The summed E-state index contributed by atoms with van der Waals surface area (Å²) in [6.07, 6.45) is -1.09. The lowest BCUT2D eigenvalue weighted by molar-refractivity contribution is -0.384. The van der Waals surface area contributed by atoms with Crippen LogP contribution in [0.4, 0.5) is 5.69 Å². The molecule has 0 heterocycles. The van der Waals surface area contributed by atoms with Gasteiger partial charge in [0.2, 0.25) is 0 Å². The van der Waals surface area contributed by atoms with Gasteiger partial charge in [-0.05, 0) is 17.7 Å². The average molecular weight is 239 g/mol. The Labute approximate surface area is 97.7 Å². The van der Waals surface area contributed by atoms with Crippen molar-refractivity contribution in [3.05, 3.63) is 39.9 Å². The van der Waals surface area contributed by atoms with E-state index >= 15 is 0 Å². The Morgan fingerprint density at radius 1 is 1.35 bits per heavy atom. The number of nitro groups is 1. The summed E-state index contributed by atoms with van der Waals surface area (Å²) in [6, 6.07) is 5.37. The molecular weight excluding hydrogens is 226 g/mol. The largest absolute Gasteiger partial charge is 0.396 e.